The van der Waals surface area contributed by atoms with E-state index >= 15 is 0 Å². The molecule has 5 heteroatoms. The summed E-state index contributed by atoms with van der Waals surface area (Å²) in [6.45, 7) is 0. The van der Waals surface area contributed by atoms with E-state index in [-0.39, 0.29) is 5.78 Å². The van der Waals surface area contributed by atoms with Gasteiger partial charge < -0.3 is 0 Å². The maximum atomic E-state index is 12.5. The molecule has 0 amide bonds. The minimum absolute atomic E-state index is 0.150. The third-order valence-corrected chi connectivity index (χ3v) is 5.34. The van der Waals surface area contributed by atoms with E-state index < -0.39 is 5.92 Å². The van der Waals surface area contributed by atoms with Gasteiger partial charge in [0.2, 0.25) is 0 Å². The van der Waals surface area contributed by atoms with Crippen LogP contribution in [0.2, 0.25) is 5.02 Å². The average molecular weight is 318 g/mol. The smallest absolute Gasteiger partial charge is 0.194 e. The molecule has 20 heavy (non-hydrogen) atoms. The lowest BCUT2D eigenvalue weighted by Gasteiger charge is -2.07. The molecule has 1 unspecified atom stereocenters. The molecular formula is C15H8ClNOS2. The van der Waals surface area contributed by atoms with Crippen molar-refractivity contribution in [3.63, 3.8) is 0 Å². The second-order valence-corrected chi connectivity index (χ2v) is 6.71. The Morgan fingerprint density at radius 1 is 1.20 bits per heavy atom. The van der Waals surface area contributed by atoms with Crippen LogP contribution in [0, 0.1) is 11.3 Å². The van der Waals surface area contributed by atoms with Gasteiger partial charge in [0.25, 0.3) is 0 Å². The van der Waals surface area contributed by atoms with Gasteiger partial charge in [-0.1, -0.05) is 23.7 Å². The standard InChI is InChI=1S/C15H8ClNOS2/c16-10-3-1-9(2-4-10)11(8-17)15(18)14-7-13-12(20-14)5-6-19-13/h1-7,11H. The number of hydrogen-bond acceptors (Lipinski definition) is 4. The van der Waals surface area contributed by atoms with Crippen molar-refractivity contribution in [1.82, 2.24) is 0 Å². The van der Waals surface area contributed by atoms with Crippen molar-refractivity contribution < 1.29 is 4.79 Å². The van der Waals surface area contributed by atoms with Gasteiger partial charge in [-0.05, 0) is 35.2 Å². The Balaban J connectivity index is 1.97. The van der Waals surface area contributed by atoms with Crippen LogP contribution in [0.1, 0.15) is 21.2 Å². The molecule has 2 heterocycles. The number of benzene rings is 1. The molecule has 0 fully saturated rings. The number of carbonyl (C=O) groups excluding carboxylic acids is 1. The molecule has 98 valence electrons. The van der Waals surface area contributed by atoms with Crippen LogP contribution in [0.3, 0.4) is 0 Å². The van der Waals surface area contributed by atoms with Crippen molar-refractivity contribution in [2.24, 2.45) is 0 Å². The SMILES string of the molecule is N#CC(C(=O)c1cc2sccc2s1)c1ccc(Cl)cc1. The van der Waals surface area contributed by atoms with Crippen LogP contribution in [-0.2, 0) is 0 Å². The van der Waals surface area contributed by atoms with E-state index in [0.717, 1.165) is 9.40 Å². The maximum absolute atomic E-state index is 12.5. The van der Waals surface area contributed by atoms with Crippen LogP contribution >= 0.6 is 34.3 Å². The number of ketones is 1. The summed E-state index contributed by atoms with van der Waals surface area (Å²) in [5.41, 5.74) is 0.679. The van der Waals surface area contributed by atoms with Gasteiger partial charge in [0, 0.05) is 14.4 Å². The Morgan fingerprint density at radius 2 is 1.95 bits per heavy atom. The molecule has 3 aromatic rings. The van der Waals surface area contributed by atoms with E-state index in [9.17, 15) is 10.1 Å². The van der Waals surface area contributed by atoms with Crippen molar-refractivity contribution in [1.29, 1.82) is 5.26 Å². The molecule has 0 aliphatic carbocycles. The van der Waals surface area contributed by atoms with Crippen LogP contribution in [0.4, 0.5) is 0 Å². The molecule has 1 atom stereocenters. The number of hydrogen-bond donors (Lipinski definition) is 0. The number of halogens is 1. The lowest BCUT2D eigenvalue weighted by molar-refractivity contribution is 0.0983. The Hall–Kier alpha value is -1.67. The van der Waals surface area contributed by atoms with Gasteiger partial charge in [-0.15, -0.1) is 22.7 Å². The highest BCUT2D eigenvalue weighted by Crippen LogP contribution is 2.33. The zero-order valence-electron chi connectivity index (χ0n) is 10.2. The number of Topliss-reactive ketones (excluding diaryl/α,β-unsaturated/α-hetero) is 1. The molecule has 0 spiro atoms. The number of carbonyl (C=O) groups is 1. The van der Waals surface area contributed by atoms with E-state index in [0.29, 0.717) is 15.5 Å². The first kappa shape index (κ1) is 13.3. The van der Waals surface area contributed by atoms with Gasteiger partial charge in [0.1, 0.15) is 5.92 Å². The van der Waals surface area contributed by atoms with Crippen LogP contribution in [0.15, 0.2) is 41.8 Å². The molecule has 0 bridgehead atoms. The van der Waals surface area contributed by atoms with Gasteiger partial charge in [0.15, 0.2) is 5.78 Å². The summed E-state index contributed by atoms with van der Waals surface area (Å²) in [7, 11) is 0. The Kier molecular flexibility index (Phi) is 3.58. The van der Waals surface area contributed by atoms with Crippen molar-refractivity contribution in [2.45, 2.75) is 5.92 Å². The quantitative estimate of drug-likeness (QED) is 0.630. The molecule has 2 nitrogen and oxygen atoms in total. The number of nitriles is 1. The van der Waals surface area contributed by atoms with Crippen molar-refractivity contribution in [2.75, 3.05) is 0 Å². The molecule has 0 radical (unpaired) electrons. The zero-order valence-corrected chi connectivity index (χ0v) is 12.6. The summed E-state index contributed by atoms with van der Waals surface area (Å²) in [6.07, 6.45) is 0. The largest absolute Gasteiger partial charge is 0.291 e. The Bertz CT molecular complexity index is 782. The predicted octanol–water partition coefficient (Wildman–Crippen LogP) is 5.11. The normalized spacial score (nSPS) is 12.2. The summed E-state index contributed by atoms with van der Waals surface area (Å²) in [4.78, 5) is 13.1. The second-order valence-electron chi connectivity index (χ2n) is 4.24. The molecule has 3 rings (SSSR count). The Labute approximate surface area is 128 Å². The first-order chi connectivity index (χ1) is 9.69. The zero-order chi connectivity index (χ0) is 14.1. The number of thiophene rings is 2. The molecule has 0 N–H and O–H groups in total. The molecular weight excluding hydrogens is 310 g/mol. The molecule has 0 saturated carbocycles. The highest BCUT2D eigenvalue weighted by Gasteiger charge is 2.23. The fraction of sp³-hybridized carbons (Fsp3) is 0.0667. The van der Waals surface area contributed by atoms with Gasteiger partial charge >= 0.3 is 0 Å². The predicted molar refractivity (Wildman–Crippen MR) is 83.8 cm³/mol. The average Bonchev–Trinajstić information content (AvgIpc) is 3.02. The summed E-state index contributed by atoms with van der Waals surface area (Å²) in [6, 6.07) is 12.8. The highest BCUT2D eigenvalue weighted by molar-refractivity contribution is 7.27. The molecule has 0 aliphatic rings. The van der Waals surface area contributed by atoms with Gasteiger partial charge in [-0.2, -0.15) is 5.26 Å². The second kappa shape index (κ2) is 5.37. The summed E-state index contributed by atoms with van der Waals surface area (Å²) >= 11 is 8.87. The van der Waals surface area contributed by atoms with Crippen molar-refractivity contribution in [3.8, 4) is 6.07 Å². The topological polar surface area (TPSA) is 40.9 Å². The fourth-order valence-electron chi connectivity index (χ4n) is 1.97. The van der Waals surface area contributed by atoms with Gasteiger partial charge in [-0.25, -0.2) is 0 Å². The van der Waals surface area contributed by atoms with E-state index in [4.69, 9.17) is 11.6 Å². The molecule has 1 aromatic carbocycles. The number of fused-ring (bicyclic) bond motifs is 1. The fourth-order valence-corrected chi connectivity index (χ4v) is 4.17. The molecule has 2 aromatic heterocycles. The number of nitrogens with zero attached hydrogens (tertiary/aromatic N) is 1. The number of rotatable bonds is 3. The van der Waals surface area contributed by atoms with Crippen LogP contribution in [0.5, 0.6) is 0 Å². The molecule has 0 aliphatic heterocycles. The minimum Gasteiger partial charge on any atom is -0.291 e. The van der Waals surface area contributed by atoms with Crippen molar-refractivity contribution in [3.05, 3.63) is 57.2 Å². The van der Waals surface area contributed by atoms with Crippen LogP contribution in [0.25, 0.3) is 9.40 Å². The Morgan fingerprint density at radius 3 is 2.60 bits per heavy atom. The van der Waals surface area contributed by atoms with E-state index in [1.807, 2.05) is 17.5 Å². The summed E-state index contributed by atoms with van der Waals surface area (Å²) in [5, 5.41) is 11.9. The van der Waals surface area contributed by atoms with E-state index in [1.54, 1.807) is 35.6 Å². The minimum atomic E-state index is -0.778. The first-order valence-electron chi connectivity index (χ1n) is 5.85. The third-order valence-electron chi connectivity index (χ3n) is 2.98. The van der Waals surface area contributed by atoms with Crippen LogP contribution < -0.4 is 0 Å². The van der Waals surface area contributed by atoms with Gasteiger partial charge in [0.05, 0.1) is 10.9 Å². The monoisotopic (exact) mass is 317 g/mol. The summed E-state index contributed by atoms with van der Waals surface area (Å²) < 4.78 is 2.18. The lowest BCUT2D eigenvalue weighted by Crippen LogP contribution is -2.09. The van der Waals surface area contributed by atoms with Crippen LogP contribution in [-0.4, -0.2) is 5.78 Å². The van der Waals surface area contributed by atoms with Crippen molar-refractivity contribution >= 4 is 49.5 Å². The first-order valence-corrected chi connectivity index (χ1v) is 7.93. The molecule has 0 saturated heterocycles. The summed E-state index contributed by atoms with van der Waals surface area (Å²) in [5.74, 6) is -0.928. The highest BCUT2D eigenvalue weighted by atomic mass is 35.5. The van der Waals surface area contributed by atoms with Gasteiger partial charge in [-0.3, -0.25) is 4.79 Å². The lowest BCUT2D eigenvalue weighted by atomic mass is 9.95. The van der Waals surface area contributed by atoms with E-state index in [2.05, 4.69) is 6.07 Å². The maximum Gasteiger partial charge on any atom is 0.194 e. The third kappa shape index (κ3) is 2.36. The van der Waals surface area contributed by atoms with E-state index in [1.165, 1.54) is 11.3 Å².